The van der Waals surface area contributed by atoms with Crippen LogP contribution >= 0.6 is 0 Å². The Bertz CT molecular complexity index is 305. The van der Waals surface area contributed by atoms with E-state index in [-0.39, 0.29) is 0 Å². The Morgan fingerprint density at radius 2 is 2.15 bits per heavy atom. The molecule has 13 heavy (non-hydrogen) atoms. The van der Waals surface area contributed by atoms with Crippen LogP contribution in [-0.2, 0) is 0 Å². The first-order chi connectivity index (χ1) is 6.15. The smallest absolute Gasteiger partial charge is 0.0997 e. The third-order valence-corrected chi connectivity index (χ3v) is 2.13. The van der Waals surface area contributed by atoms with E-state index < -0.39 is 0 Å². The number of aryl methyl sites for hydroxylation is 1. The summed E-state index contributed by atoms with van der Waals surface area (Å²) in [6, 6.07) is 8.19. The largest absolute Gasteiger partial charge is 0.333 e. The van der Waals surface area contributed by atoms with Gasteiger partial charge in [-0.2, -0.15) is 0 Å². The second kappa shape index (κ2) is 4.08. The van der Waals surface area contributed by atoms with Crippen molar-refractivity contribution in [2.45, 2.75) is 20.3 Å². The number of benzene rings is 1. The van der Waals surface area contributed by atoms with Crippen LogP contribution in [0.3, 0.4) is 0 Å². The lowest BCUT2D eigenvalue weighted by atomic mass is 10.2. The minimum Gasteiger partial charge on any atom is -0.333 e. The van der Waals surface area contributed by atoms with Gasteiger partial charge >= 0.3 is 0 Å². The molecule has 1 aromatic carbocycles. The topological polar surface area (TPSA) is 27.1 Å². The molecule has 0 saturated heterocycles. The summed E-state index contributed by atoms with van der Waals surface area (Å²) >= 11 is 0. The molecule has 0 spiro atoms. The Kier molecular flexibility index (Phi) is 3.07. The van der Waals surface area contributed by atoms with Crippen molar-refractivity contribution in [2.24, 2.45) is 0 Å². The maximum atomic E-state index is 7.68. The van der Waals surface area contributed by atoms with Crippen molar-refractivity contribution < 1.29 is 0 Å². The van der Waals surface area contributed by atoms with Gasteiger partial charge in [-0.3, -0.25) is 5.41 Å². The van der Waals surface area contributed by atoms with Gasteiger partial charge in [0.15, 0.2) is 0 Å². The minimum atomic E-state index is 0.644. The molecule has 0 amide bonds. The Morgan fingerprint density at radius 1 is 1.46 bits per heavy atom. The standard InChI is InChI=1S/C11H16N2/c1-4-11(12)13(3)10-7-5-6-9(2)8-10/h5-8,12H,4H2,1-3H3. The lowest BCUT2D eigenvalue weighted by molar-refractivity contribution is 1.12. The first-order valence-corrected chi connectivity index (χ1v) is 4.53. The SMILES string of the molecule is CCC(=N)N(C)c1cccc(C)c1. The summed E-state index contributed by atoms with van der Waals surface area (Å²) in [5, 5.41) is 7.68. The fourth-order valence-corrected chi connectivity index (χ4v) is 1.23. The quantitative estimate of drug-likeness (QED) is 0.544. The highest BCUT2D eigenvalue weighted by Crippen LogP contribution is 2.14. The van der Waals surface area contributed by atoms with Crippen molar-refractivity contribution in [3.05, 3.63) is 29.8 Å². The first-order valence-electron chi connectivity index (χ1n) is 4.53. The summed E-state index contributed by atoms with van der Waals surface area (Å²) in [6.07, 6.45) is 0.768. The zero-order valence-corrected chi connectivity index (χ0v) is 8.46. The van der Waals surface area contributed by atoms with Gasteiger partial charge in [0, 0.05) is 19.2 Å². The fourth-order valence-electron chi connectivity index (χ4n) is 1.23. The number of nitrogens with one attached hydrogen (secondary N) is 1. The molecule has 0 saturated carbocycles. The molecule has 0 atom stereocenters. The van der Waals surface area contributed by atoms with E-state index in [0.717, 1.165) is 12.1 Å². The van der Waals surface area contributed by atoms with E-state index in [1.165, 1.54) is 5.56 Å². The third-order valence-electron chi connectivity index (χ3n) is 2.13. The summed E-state index contributed by atoms with van der Waals surface area (Å²) < 4.78 is 0. The molecule has 1 aromatic rings. The van der Waals surface area contributed by atoms with Gasteiger partial charge in [0.05, 0.1) is 5.84 Å². The lowest BCUT2D eigenvalue weighted by Gasteiger charge is -2.19. The van der Waals surface area contributed by atoms with Crippen LogP contribution in [0.4, 0.5) is 5.69 Å². The highest BCUT2D eigenvalue weighted by molar-refractivity contribution is 5.94. The molecule has 0 aliphatic heterocycles. The molecule has 0 bridgehead atoms. The lowest BCUT2D eigenvalue weighted by Crippen LogP contribution is -2.24. The molecule has 70 valence electrons. The summed E-state index contributed by atoms with van der Waals surface area (Å²) in [5.41, 5.74) is 2.32. The Balaban J connectivity index is 2.88. The highest BCUT2D eigenvalue weighted by Gasteiger charge is 2.03. The molecule has 1 N–H and O–H groups in total. The van der Waals surface area contributed by atoms with Gasteiger partial charge in [0.25, 0.3) is 0 Å². The number of hydrogen-bond acceptors (Lipinski definition) is 1. The number of hydrogen-bond donors (Lipinski definition) is 1. The number of anilines is 1. The van der Waals surface area contributed by atoms with Crippen molar-refractivity contribution in [3.63, 3.8) is 0 Å². The van der Waals surface area contributed by atoms with Crippen LogP contribution in [-0.4, -0.2) is 12.9 Å². The van der Waals surface area contributed by atoms with Crippen LogP contribution in [0.25, 0.3) is 0 Å². The van der Waals surface area contributed by atoms with Crippen LogP contribution < -0.4 is 4.90 Å². The normalized spacial score (nSPS) is 9.77. The molecule has 0 fully saturated rings. The second-order valence-electron chi connectivity index (χ2n) is 3.20. The predicted octanol–water partition coefficient (Wildman–Crippen LogP) is 2.82. The van der Waals surface area contributed by atoms with Gasteiger partial charge in [-0.25, -0.2) is 0 Å². The molecule has 0 radical (unpaired) electrons. The highest BCUT2D eigenvalue weighted by atomic mass is 15.1. The summed E-state index contributed by atoms with van der Waals surface area (Å²) in [6.45, 7) is 4.06. The van der Waals surface area contributed by atoms with Crippen LogP contribution in [0.15, 0.2) is 24.3 Å². The van der Waals surface area contributed by atoms with E-state index >= 15 is 0 Å². The van der Waals surface area contributed by atoms with Gasteiger partial charge in [-0.05, 0) is 24.6 Å². The number of rotatable bonds is 2. The van der Waals surface area contributed by atoms with Crippen LogP contribution in [0.2, 0.25) is 0 Å². The van der Waals surface area contributed by atoms with Gasteiger partial charge < -0.3 is 4.90 Å². The van der Waals surface area contributed by atoms with E-state index in [1.54, 1.807) is 0 Å². The molecule has 0 aliphatic carbocycles. The van der Waals surface area contributed by atoms with Crippen LogP contribution in [0.5, 0.6) is 0 Å². The van der Waals surface area contributed by atoms with E-state index in [0.29, 0.717) is 5.84 Å². The Labute approximate surface area is 79.7 Å². The average molecular weight is 176 g/mol. The van der Waals surface area contributed by atoms with Gasteiger partial charge in [-0.15, -0.1) is 0 Å². The molecule has 2 heteroatoms. The molecule has 2 nitrogen and oxygen atoms in total. The molecular weight excluding hydrogens is 160 g/mol. The second-order valence-corrected chi connectivity index (χ2v) is 3.20. The Morgan fingerprint density at radius 3 is 2.69 bits per heavy atom. The van der Waals surface area contributed by atoms with Crippen molar-refractivity contribution in [1.82, 2.24) is 0 Å². The number of amidine groups is 1. The molecule has 0 aromatic heterocycles. The van der Waals surface area contributed by atoms with E-state index in [4.69, 9.17) is 5.41 Å². The van der Waals surface area contributed by atoms with Crippen LogP contribution in [0, 0.1) is 12.3 Å². The molecule has 0 aliphatic rings. The van der Waals surface area contributed by atoms with Crippen molar-refractivity contribution >= 4 is 11.5 Å². The fraction of sp³-hybridized carbons (Fsp3) is 0.364. The van der Waals surface area contributed by atoms with Crippen molar-refractivity contribution in [2.75, 3.05) is 11.9 Å². The van der Waals surface area contributed by atoms with E-state index in [2.05, 4.69) is 19.1 Å². The summed E-state index contributed by atoms with van der Waals surface area (Å²) in [7, 11) is 1.93. The molecule has 1 rings (SSSR count). The summed E-state index contributed by atoms with van der Waals surface area (Å²) in [5.74, 6) is 0.644. The molecule has 0 unspecified atom stereocenters. The molecule has 0 heterocycles. The van der Waals surface area contributed by atoms with E-state index in [9.17, 15) is 0 Å². The van der Waals surface area contributed by atoms with Crippen molar-refractivity contribution in [3.8, 4) is 0 Å². The predicted molar refractivity (Wildman–Crippen MR) is 57.6 cm³/mol. The van der Waals surface area contributed by atoms with Gasteiger partial charge in [-0.1, -0.05) is 19.1 Å². The Hall–Kier alpha value is -1.31. The maximum absolute atomic E-state index is 7.68. The van der Waals surface area contributed by atoms with Gasteiger partial charge in [0.1, 0.15) is 0 Å². The van der Waals surface area contributed by atoms with Crippen LogP contribution in [0.1, 0.15) is 18.9 Å². The monoisotopic (exact) mass is 176 g/mol. The van der Waals surface area contributed by atoms with Crippen molar-refractivity contribution in [1.29, 1.82) is 5.41 Å². The number of nitrogens with zero attached hydrogens (tertiary/aromatic N) is 1. The zero-order chi connectivity index (χ0) is 9.84. The first kappa shape index (κ1) is 9.78. The minimum absolute atomic E-state index is 0.644. The zero-order valence-electron chi connectivity index (χ0n) is 8.46. The maximum Gasteiger partial charge on any atom is 0.0997 e. The molecular formula is C11H16N2. The van der Waals surface area contributed by atoms with E-state index in [1.807, 2.05) is 31.0 Å². The van der Waals surface area contributed by atoms with Gasteiger partial charge in [0.2, 0.25) is 0 Å². The summed E-state index contributed by atoms with van der Waals surface area (Å²) in [4.78, 5) is 1.91. The average Bonchev–Trinajstić information content (AvgIpc) is 2.15. The third kappa shape index (κ3) is 2.31.